The molecule has 23 heavy (non-hydrogen) atoms. The van der Waals surface area contributed by atoms with E-state index in [1.165, 1.54) is 0 Å². The lowest BCUT2D eigenvalue weighted by Crippen LogP contribution is -1.77. The molecule has 4 rings (SSSR count). The van der Waals surface area contributed by atoms with E-state index in [0.717, 1.165) is 26.3 Å². The van der Waals surface area contributed by atoms with Gasteiger partial charge in [0.1, 0.15) is 0 Å². The van der Waals surface area contributed by atoms with Crippen LogP contribution in [-0.4, -0.2) is 15.1 Å². The first-order valence-electron chi connectivity index (χ1n) is 6.98. The number of aromatic amines is 1. The molecule has 2 aromatic carbocycles. The van der Waals surface area contributed by atoms with E-state index >= 15 is 0 Å². The standard InChI is InChI=1S/C17H11BrN4O/c18-11-6-7-14-12(9-11)16(17(23)20-14)22-21-15-8-5-10-3-1-2-4-13(10)19-15/h1-9,20,23H. The Bertz CT molecular complexity index is 1060. The number of para-hydroxylation sites is 1. The summed E-state index contributed by atoms with van der Waals surface area (Å²) >= 11 is 3.42. The number of rotatable bonds is 2. The first-order valence-corrected chi connectivity index (χ1v) is 7.78. The van der Waals surface area contributed by atoms with Gasteiger partial charge in [0.2, 0.25) is 5.88 Å². The summed E-state index contributed by atoms with van der Waals surface area (Å²) in [6.07, 6.45) is 0. The summed E-state index contributed by atoms with van der Waals surface area (Å²) in [5.41, 5.74) is 2.05. The van der Waals surface area contributed by atoms with E-state index in [2.05, 4.69) is 36.1 Å². The highest BCUT2D eigenvalue weighted by Crippen LogP contribution is 2.37. The van der Waals surface area contributed by atoms with Crippen molar-refractivity contribution in [2.75, 3.05) is 0 Å². The molecule has 0 radical (unpaired) electrons. The summed E-state index contributed by atoms with van der Waals surface area (Å²) in [4.78, 5) is 7.32. The van der Waals surface area contributed by atoms with Gasteiger partial charge in [-0.15, -0.1) is 10.2 Å². The molecule has 112 valence electrons. The fourth-order valence-corrected chi connectivity index (χ4v) is 2.81. The molecule has 6 heteroatoms. The summed E-state index contributed by atoms with van der Waals surface area (Å²) in [7, 11) is 0. The monoisotopic (exact) mass is 366 g/mol. The molecule has 0 aliphatic rings. The number of aromatic nitrogens is 2. The van der Waals surface area contributed by atoms with Crippen LogP contribution in [-0.2, 0) is 0 Å². The van der Waals surface area contributed by atoms with Crippen molar-refractivity contribution in [1.82, 2.24) is 9.97 Å². The molecular weight excluding hydrogens is 356 g/mol. The Morgan fingerprint density at radius 2 is 1.87 bits per heavy atom. The summed E-state index contributed by atoms with van der Waals surface area (Å²) in [6.45, 7) is 0. The van der Waals surface area contributed by atoms with Gasteiger partial charge in [-0.3, -0.25) is 0 Å². The number of H-pyrrole nitrogens is 1. The second-order valence-corrected chi connectivity index (χ2v) is 5.99. The van der Waals surface area contributed by atoms with Crippen LogP contribution < -0.4 is 0 Å². The fraction of sp³-hybridized carbons (Fsp3) is 0. The fourth-order valence-electron chi connectivity index (χ4n) is 2.45. The van der Waals surface area contributed by atoms with Gasteiger partial charge in [0.15, 0.2) is 11.5 Å². The second kappa shape index (κ2) is 5.48. The lowest BCUT2D eigenvalue weighted by molar-refractivity contribution is 0.459. The van der Waals surface area contributed by atoms with E-state index in [1.54, 1.807) is 6.07 Å². The molecule has 0 saturated carbocycles. The van der Waals surface area contributed by atoms with Crippen molar-refractivity contribution in [3.8, 4) is 5.88 Å². The van der Waals surface area contributed by atoms with E-state index in [0.29, 0.717) is 11.5 Å². The number of benzene rings is 2. The number of aromatic hydroxyl groups is 1. The van der Waals surface area contributed by atoms with E-state index in [9.17, 15) is 5.11 Å². The van der Waals surface area contributed by atoms with Crippen molar-refractivity contribution in [2.24, 2.45) is 10.2 Å². The average Bonchev–Trinajstić information content (AvgIpc) is 2.87. The number of fused-ring (bicyclic) bond motifs is 2. The van der Waals surface area contributed by atoms with Gasteiger partial charge in [-0.1, -0.05) is 34.1 Å². The number of hydrogen-bond donors (Lipinski definition) is 2. The van der Waals surface area contributed by atoms with Gasteiger partial charge in [-0.05, 0) is 36.4 Å². The van der Waals surface area contributed by atoms with Crippen LogP contribution in [0, 0.1) is 0 Å². The third-order valence-electron chi connectivity index (χ3n) is 3.55. The van der Waals surface area contributed by atoms with Crippen LogP contribution in [0.5, 0.6) is 5.88 Å². The Hall–Kier alpha value is -2.73. The number of nitrogens with one attached hydrogen (secondary N) is 1. The topological polar surface area (TPSA) is 73.6 Å². The average molecular weight is 367 g/mol. The van der Waals surface area contributed by atoms with Crippen molar-refractivity contribution < 1.29 is 5.11 Å². The summed E-state index contributed by atoms with van der Waals surface area (Å²) < 4.78 is 0.907. The van der Waals surface area contributed by atoms with Crippen molar-refractivity contribution in [2.45, 2.75) is 0 Å². The molecule has 0 saturated heterocycles. The SMILES string of the molecule is Oc1[nH]c2ccc(Br)cc2c1N=Nc1ccc2ccccc2n1. The quantitative estimate of drug-likeness (QED) is 0.453. The first kappa shape index (κ1) is 13.9. The highest BCUT2D eigenvalue weighted by Gasteiger charge is 2.10. The Morgan fingerprint density at radius 1 is 1.00 bits per heavy atom. The molecule has 2 N–H and O–H groups in total. The number of hydrogen-bond acceptors (Lipinski definition) is 4. The summed E-state index contributed by atoms with van der Waals surface area (Å²) in [5, 5.41) is 20.2. The third-order valence-corrected chi connectivity index (χ3v) is 4.04. The largest absolute Gasteiger partial charge is 0.493 e. The van der Waals surface area contributed by atoms with E-state index < -0.39 is 0 Å². The van der Waals surface area contributed by atoms with Gasteiger partial charge in [0.25, 0.3) is 0 Å². The van der Waals surface area contributed by atoms with Gasteiger partial charge in [-0.25, -0.2) is 4.98 Å². The lowest BCUT2D eigenvalue weighted by atomic mass is 10.2. The molecule has 0 spiro atoms. The van der Waals surface area contributed by atoms with Crippen molar-refractivity contribution in [3.05, 3.63) is 59.1 Å². The zero-order valence-electron chi connectivity index (χ0n) is 11.9. The number of nitrogens with zero attached hydrogens (tertiary/aromatic N) is 3. The minimum atomic E-state index is -0.0114. The van der Waals surface area contributed by atoms with Gasteiger partial charge >= 0.3 is 0 Å². The van der Waals surface area contributed by atoms with Crippen LogP contribution in [0.25, 0.3) is 21.8 Å². The molecule has 0 atom stereocenters. The molecular formula is C17H11BrN4O. The molecule has 0 bridgehead atoms. The first-order chi connectivity index (χ1) is 11.2. The number of pyridine rings is 1. The predicted octanol–water partition coefficient (Wildman–Crippen LogP) is 5.60. The number of azo groups is 1. The van der Waals surface area contributed by atoms with Crippen LogP contribution in [0.15, 0.2) is 69.3 Å². The minimum Gasteiger partial charge on any atom is -0.493 e. The van der Waals surface area contributed by atoms with Gasteiger partial charge in [0, 0.05) is 15.2 Å². The van der Waals surface area contributed by atoms with Crippen LogP contribution in [0.3, 0.4) is 0 Å². The molecule has 5 nitrogen and oxygen atoms in total. The van der Waals surface area contributed by atoms with E-state index in [-0.39, 0.29) is 5.88 Å². The maximum Gasteiger partial charge on any atom is 0.218 e. The zero-order chi connectivity index (χ0) is 15.8. The molecule has 0 fully saturated rings. The molecule has 2 aromatic heterocycles. The molecule has 2 heterocycles. The van der Waals surface area contributed by atoms with E-state index in [4.69, 9.17) is 0 Å². The van der Waals surface area contributed by atoms with Gasteiger partial charge in [0.05, 0.1) is 11.0 Å². The Labute approximate surface area is 139 Å². The van der Waals surface area contributed by atoms with E-state index in [1.807, 2.05) is 48.5 Å². The molecule has 0 aliphatic heterocycles. The maximum absolute atomic E-state index is 10.0. The highest BCUT2D eigenvalue weighted by molar-refractivity contribution is 9.10. The van der Waals surface area contributed by atoms with Gasteiger partial charge in [-0.2, -0.15) is 0 Å². The summed E-state index contributed by atoms with van der Waals surface area (Å²) in [5.74, 6) is 0.482. The van der Waals surface area contributed by atoms with Crippen LogP contribution in [0.1, 0.15) is 0 Å². The Balaban J connectivity index is 1.78. The van der Waals surface area contributed by atoms with Crippen molar-refractivity contribution >= 4 is 49.2 Å². The zero-order valence-corrected chi connectivity index (χ0v) is 13.4. The molecule has 0 aliphatic carbocycles. The van der Waals surface area contributed by atoms with Crippen LogP contribution in [0.4, 0.5) is 11.5 Å². The smallest absolute Gasteiger partial charge is 0.218 e. The van der Waals surface area contributed by atoms with Crippen molar-refractivity contribution in [1.29, 1.82) is 0 Å². The molecule has 4 aromatic rings. The van der Waals surface area contributed by atoms with Gasteiger partial charge < -0.3 is 10.1 Å². The van der Waals surface area contributed by atoms with Crippen LogP contribution >= 0.6 is 15.9 Å². The molecule has 0 amide bonds. The maximum atomic E-state index is 10.0. The normalized spacial score (nSPS) is 11.7. The lowest BCUT2D eigenvalue weighted by Gasteiger charge is -1.97. The Morgan fingerprint density at radius 3 is 2.78 bits per heavy atom. The Kier molecular flexibility index (Phi) is 3.31. The number of halogens is 1. The predicted molar refractivity (Wildman–Crippen MR) is 93.6 cm³/mol. The van der Waals surface area contributed by atoms with Crippen LogP contribution in [0.2, 0.25) is 0 Å². The summed E-state index contributed by atoms with van der Waals surface area (Å²) in [6, 6.07) is 17.2. The molecule has 0 unspecified atom stereocenters. The highest BCUT2D eigenvalue weighted by atomic mass is 79.9. The third kappa shape index (κ3) is 2.57. The van der Waals surface area contributed by atoms with Crippen molar-refractivity contribution in [3.63, 3.8) is 0 Å². The second-order valence-electron chi connectivity index (χ2n) is 5.07. The minimum absolute atomic E-state index is 0.0114.